The fourth-order valence-electron chi connectivity index (χ4n) is 1.35. The zero-order chi connectivity index (χ0) is 11.3. The monoisotopic (exact) mass is 206 g/mol. The van der Waals surface area contributed by atoms with Gasteiger partial charge >= 0.3 is 0 Å². The van der Waals surface area contributed by atoms with E-state index in [2.05, 4.69) is 11.9 Å². The molecule has 0 unspecified atom stereocenters. The third-order valence-electron chi connectivity index (χ3n) is 2.33. The van der Waals surface area contributed by atoms with Gasteiger partial charge in [0.1, 0.15) is 5.69 Å². The van der Waals surface area contributed by atoms with Crippen molar-refractivity contribution in [3.63, 3.8) is 0 Å². The van der Waals surface area contributed by atoms with Crippen molar-refractivity contribution in [2.45, 2.75) is 26.7 Å². The number of nitrogens with zero attached hydrogens (tertiary/aromatic N) is 2. The third kappa shape index (κ3) is 3.35. The number of hydrogen-bond acceptors (Lipinski definition) is 2. The molecule has 0 radical (unpaired) electrons. The van der Waals surface area contributed by atoms with Gasteiger partial charge in [-0.3, -0.25) is 9.78 Å². The molecule has 0 saturated heterocycles. The number of aryl methyl sites for hydroxylation is 1. The number of amides is 1. The minimum absolute atomic E-state index is 0.00662. The molecule has 0 aliphatic carbocycles. The summed E-state index contributed by atoms with van der Waals surface area (Å²) in [6.07, 6.45) is 3.81. The Balaban J connectivity index is 2.67. The molecular weight excluding hydrogens is 188 g/mol. The molecular formula is C12H18N2O. The maximum Gasteiger partial charge on any atom is 0.272 e. The molecule has 0 aliphatic rings. The highest BCUT2D eigenvalue weighted by Crippen LogP contribution is 2.04. The van der Waals surface area contributed by atoms with Gasteiger partial charge in [-0.2, -0.15) is 0 Å². The molecule has 0 spiro atoms. The van der Waals surface area contributed by atoms with E-state index in [0.717, 1.165) is 24.9 Å². The lowest BCUT2D eigenvalue weighted by atomic mass is 10.2. The lowest BCUT2D eigenvalue weighted by Crippen LogP contribution is -2.28. The molecule has 0 N–H and O–H groups in total. The number of aromatic nitrogens is 1. The van der Waals surface area contributed by atoms with Gasteiger partial charge in [0.05, 0.1) is 0 Å². The second-order valence-corrected chi connectivity index (χ2v) is 3.80. The van der Waals surface area contributed by atoms with Crippen molar-refractivity contribution >= 4 is 5.91 Å². The summed E-state index contributed by atoms with van der Waals surface area (Å²) in [7, 11) is 1.82. The van der Waals surface area contributed by atoms with Crippen LogP contribution >= 0.6 is 0 Å². The fraction of sp³-hybridized carbons (Fsp3) is 0.500. The van der Waals surface area contributed by atoms with Crippen LogP contribution in [-0.2, 0) is 0 Å². The average Bonchev–Trinajstić information content (AvgIpc) is 2.24. The first-order valence-corrected chi connectivity index (χ1v) is 5.33. The van der Waals surface area contributed by atoms with E-state index in [9.17, 15) is 4.79 Å². The summed E-state index contributed by atoms with van der Waals surface area (Å²) in [5.41, 5.74) is 1.60. The van der Waals surface area contributed by atoms with Crippen molar-refractivity contribution in [1.82, 2.24) is 9.88 Å². The van der Waals surface area contributed by atoms with Crippen molar-refractivity contribution in [1.29, 1.82) is 0 Å². The Morgan fingerprint density at radius 3 is 2.87 bits per heavy atom. The van der Waals surface area contributed by atoms with Crippen molar-refractivity contribution < 1.29 is 4.79 Å². The van der Waals surface area contributed by atoms with Gasteiger partial charge in [-0.25, -0.2) is 0 Å². The number of unbranched alkanes of at least 4 members (excludes halogenated alkanes) is 1. The average molecular weight is 206 g/mol. The first kappa shape index (κ1) is 11.7. The predicted molar refractivity (Wildman–Crippen MR) is 60.8 cm³/mol. The largest absolute Gasteiger partial charge is 0.340 e. The summed E-state index contributed by atoms with van der Waals surface area (Å²) in [5.74, 6) is 0.00662. The SMILES string of the molecule is CCCCN(C)C(=O)c1cc(C)ccn1. The number of hydrogen-bond donors (Lipinski definition) is 0. The molecule has 82 valence electrons. The number of carbonyl (C=O) groups excluding carboxylic acids is 1. The van der Waals surface area contributed by atoms with E-state index in [0.29, 0.717) is 5.69 Å². The van der Waals surface area contributed by atoms with Gasteiger partial charge < -0.3 is 4.90 Å². The Morgan fingerprint density at radius 1 is 1.53 bits per heavy atom. The standard InChI is InChI=1S/C12H18N2O/c1-4-5-8-14(3)12(15)11-9-10(2)6-7-13-11/h6-7,9H,4-5,8H2,1-3H3. The molecule has 3 heteroatoms. The van der Waals surface area contributed by atoms with Crippen molar-refractivity contribution in [3.05, 3.63) is 29.6 Å². The summed E-state index contributed by atoms with van der Waals surface area (Å²) in [5, 5.41) is 0. The van der Waals surface area contributed by atoms with E-state index in [4.69, 9.17) is 0 Å². The third-order valence-corrected chi connectivity index (χ3v) is 2.33. The lowest BCUT2D eigenvalue weighted by Gasteiger charge is -2.16. The summed E-state index contributed by atoms with van der Waals surface area (Å²) >= 11 is 0. The van der Waals surface area contributed by atoms with E-state index in [1.165, 1.54) is 0 Å². The molecule has 1 aromatic heterocycles. The van der Waals surface area contributed by atoms with Crippen LogP contribution < -0.4 is 0 Å². The molecule has 0 saturated carbocycles. The van der Waals surface area contributed by atoms with Crippen LogP contribution in [0, 0.1) is 6.92 Å². The zero-order valence-corrected chi connectivity index (χ0v) is 9.66. The predicted octanol–water partition coefficient (Wildman–Crippen LogP) is 2.26. The Labute approximate surface area is 91.1 Å². The Kier molecular flexibility index (Phi) is 4.28. The van der Waals surface area contributed by atoms with Crippen LogP contribution in [0.25, 0.3) is 0 Å². The van der Waals surface area contributed by atoms with Crippen LogP contribution in [0.15, 0.2) is 18.3 Å². The van der Waals surface area contributed by atoms with E-state index in [1.807, 2.05) is 26.1 Å². The topological polar surface area (TPSA) is 33.2 Å². The number of rotatable bonds is 4. The first-order chi connectivity index (χ1) is 7.15. The summed E-state index contributed by atoms with van der Waals surface area (Å²) in [6, 6.07) is 3.72. The lowest BCUT2D eigenvalue weighted by molar-refractivity contribution is 0.0787. The minimum Gasteiger partial charge on any atom is -0.340 e. The molecule has 3 nitrogen and oxygen atoms in total. The summed E-state index contributed by atoms with van der Waals surface area (Å²) in [6.45, 7) is 4.87. The highest BCUT2D eigenvalue weighted by Gasteiger charge is 2.11. The van der Waals surface area contributed by atoms with E-state index in [1.54, 1.807) is 11.1 Å². The molecule has 1 aromatic rings. The molecule has 0 atom stereocenters. The van der Waals surface area contributed by atoms with Crippen LogP contribution in [0.4, 0.5) is 0 Å². The van der Waals surface area contributed by atoms with E-state index >= 15 is 0 Å². The number of carbonyl (C=O) groups is 1. The molecule has 15 heavy (non-hydrogen) atoms. The Bertz CT molecular complexity index is 336. The Morgan fingerprint density at radius 2 is 2.27 bits per heavy atom. The van der Waals surface area contributed by atoms with Gasteiger partial charge in [-0.1, -0.05) is 13.3 Å². The maximum atomic E-state index is 11.9. The highest BCUT2D eigenvalue weighted by molar-refractivity contribution is 5.92. The molecule has 1 rings (SSSR count). The highest BCUT2D eigenvalue weighted by atomic mass is 16.2. The fourth-order valence-corrected chi connectivity index (χ4v) is 1.35. The van der Waals surface area contributed by atoms with Gasteiger partial charge in [0.15, 0.2) is 0 Å². The van der Waals surface area contributed by atoms with Gasteiger partial charge in [0.25, 0.3) is 5.91 Å². The molecule has 0 bridgehead atoms. The van der Waals surface area contributed by atoms with Gasteiger partial charge in [0, 0.05) is 19.8 Å². The second kappa shape index (κ2) is 5.49. The molecule has 0 aliphatic heterocycles. The smallest absolute Gasteiger partial charge is 0.272 e. The minimum atomic E-state index is 0.00662. The van der Waals surface area contributed by atoms with Crippen LogP contribution in [0.5, 0.6) is 0 Å². The van der Waals surface area contributed by atoms with Crippen LogP contribution in [0.2, 0.25) is 0 Å². The maximum absolute atomic E-state index is 11.9. The van der Waals surface area contributed by atoms with E-state index in [-0.39, 0.29) is 5.91 Å². The normalized spacial score (nSPS) is 10.1. The van der Waals surface area contributed by atoms with Crippen LogP contribution in [0.1, 0.15) is 35.8 Å². The van der Waals surface area contributed by atoms with E-state index < -0.39 is 0 Å². The molecule has 1 amide bonds. The summed E-state index contributed by atoms with van der Waals surface area (Å²) in [4.78, 5) is 17.7. The molecule has 1 heterocycles. The van der Waals surface area contributed by atoms with Crippen LogP contribution in [-0.4, -0.2) is 29.4 Å². The Hall–Kier alpha value is -1.38. The van der Waals surface area contributed by atoms with Gasteiger partial charge in [-0.15, -0.1) is 0 Å². The molecule has 0 aromatic carbocycles. The van der Waals surface area contributed by atoms with Crippen molar-refractivity contribution in [2.24, 2.45) is 0 Å². The number of pyridine rings is 1. The quantitative estimate of drug-likeness (QED) is 0.757. The summed E-state index contributed by atoms with van der Waals surface area (Å²) < 4.78 is 0. The first-order valence-electron chi connectivity index (χ1n) is 5.33. The van der Waals surface area contributed by atoms with Gasteiger partial charge in [0.2, 0.25) is 0 Å². The van der Waals surface area contributed by atoms with Crippen molar-refractivity contribution in [3.8, 4) is 0 Å². The van der Waals surface area contributed by atoms with Crippen molar-refractivity contribution in [2.75, 3.05) is 13.6 Å². The van der Waals surface area contributed by atoms with Crippen LogP contribution in [0.3, 0.4) is 0 Å². The zero-order valence-electron chi connectivity index (χ0n) is 9.66. The second-order valence-electron chi connectivity index (χ2n) is 3.80. The molecule has 0 fully saturated rings. The van der Waals surface area contributed by atoms with Gasteiger partial charge in [-0.05, 0) is 31.0 Å².